The molecule has 114 valence electrons. The molecule has 0 unspecified atom stereocenters. The number of nitrogens with zero attached hydrogens (tertiary/aromatic N) is 2. The number of H-pyrrole nitrogens is 1. The lowest BCUT2D eigenvalue weighted by Gasteiger charge is -2.06. The predicted octanol–water partition coefficient (Wildman–Crippen LogP) is 3.00. The number of hydrogen-bond donors (Lipinski definition) is 1. The molecule has 0 atom stereocenters. The minimum absolute atomic E-state index is 0.246. The van der Waals surface area contributed by atoms with Gasteiger partial charge in [-0.25, -0.2) is 13.8 Å². The van der Waals surface area contributed by atoms with Crippen LogP contribution in [0, 0.1) is 6.92 Å². The lowest BCUT2D eigenvalue weighted by molar-refractivity contribution is 0.0819. The quantitative estimate of drug-likeness (QED) is 0.801. The SMILES string of the molecule is Cc1cc2c(=O)[nH]c(-c3cc(OCC(F)F)ccn3)nc2s1. The van der Waals surface area contributed by atoms with Crippen molar-refractivity contribution in [3.8, 4) is 17.3 Å². The van der Waals surface area contributed by atoms with Gasteiger partial charge in [0.2, 0.25) is 0 Å². The van der Waals surface area contributed by atoms with E-state index in [-0.39, 0.29) is 17.1 Å². The molecule has 0 spiro atoms. The molecule has 0 aliphatic carbocycles. The van der Waals surface area contributed by atoms with Crippen molar-refractivity contribution in [2.45, 2.75) is 13.3 Å². The average Bonchev–Trinajstić information content (AvgIpc) is 2.86. The van der Waals surface area contributed by atoms with Gasteiger partial charge in [-0.3, -0.25) is 9.78 Å². The van der Waals surface area contributed by atoms with Crippen LogP contribution in [-0.2, 0) is 0 Å². The molecule has 0 amide bonds. The first-order valence-corrected chi connectivity index (χ1v) is 7.22. The Morgan fingerprint density at radius 3 is 3.00 bits per heavy atom. The summed E-state index contributed by atoms with van der Waals surface area (Å²) in [7, 11) is 0. The predicted molar refractivity (Wildman–Crippen MR) is 79.7 cm³/mol. The van der Waals surface area contributed by atoms with Gasteiger partial charge in [0.1, 0.15) is 22.9 Å². The summed E-state index contributed by atoms with van der Waals surface area (Å²) in [6, 6.07) is 4.70. The first-order chi connectivity index (χ1) is 10.5. The zero-order valence-electron chi connectivity index (χ0n) is 11.5. The highest BCUT2D eigenvalue weighted by atomic mass is 32.1. The zero-order valence-corrected chi connectivity index (χ0v) is 12.3. The molecular formula is C14H11F2N3O2S. The Kier molecular flexibility index (Phi) is 3.84. The average molecular weight is 323 g/mol. The van der Waals surface area contributed by atoms with E-state index in [0.29, 0.717) is 15.9 Å². The van der Waals surface area contributed by atoms with Gasteiger partial charge in [0.05, 0.1) is 5.39 Å². The molecule has 3 rings (SSSR count). The monoisotopic (exact) mass is 323 g/mol. The Morgan fingerprint density at radius 1 is 1.41 bits per heavy atom. The van der Waals surface area contributed by atoms with Gasteiger partial charge < -0.3 is 9.72 Å². The van der Waals surface area contributed by atoms with E-state index in [1.54, 1.807) is 6.07 Å². The standard InChI is InChI=1S/C14H11F2N3O2S/c1-7-4-9-13(20)18-12(19-14(9)22-7)10-5-8(2-3-17-10)21-6-11(15)16/h2-5,11H,6H2,1H3,(H,18,19,20). The van der Waals surface area contributed by atoms with Gasteiger partial charge in [0.15, 0.2) is 5.82 Å². The molecule has 0 saturated carbocycles. The van der Waals surface area contributed by atoms with Gasteiger partial charge in [-0.2, -0.15) is 0 Å². The van der Waals surface area contributed by atoms with E-state index in [1.807, 2.05) is 6.92 Å². The molecule has 0 aliphatic rings. The van der Waals surface area contributed by atoms with Gasteiger partial charge in [-0.05, 0) is 19.1 Å². The number of alkyl halides is 2. The maximum atomic E-state index is 12.2. The van der Waals surface area contributed by atoms with Crippen LogP contribution in [0.15, 0.2) is 29.2 Å². The van der Waals surface area contributed by atoms with Crippen molar-refractivity contribution in [2.24, 2.45) is 0 Å². The van der Waals surface area contributed by atoms with Crippen molar-refractivity contribution in [3.05, 3.63) is 39.6 Å². The van der Waals surface area contributed by atoms with E-state index in [9.17, 15) is 13.6 Å². The number of thiophene rings is 1. The van der Waals surface area contributed by atoms with Gasteiger partial charge in [0, 0.05) is 17.1 Å². The fraction of sp³-hybridized carbons (Fsp3) is 0.214. The van der Waals surface area contributed by atoms with E-state index in [2.05, 4.69) is 15.0 Å². The molecule has 3 aromatic heterocycles. The highest BCUT2D eigenvalue weighted by Gasteiger charge is 2.11. The molecule has 1 N–H and O–H groups in total. The summed E-state index contributed by atoms with van der Waals surface area (Å²) in [5.41, 5.74) is 0.0990. The fourth-order valence-electron chi connectivity index (χ4n) is 1.96. The highest BCUT2D eigenvalue weighted by Crippen LogP contribution is 2.23. The van der Waals surface area contributed by atoms with Gasteiger partial charge in [-0.1, -0.05) is 0 Å². The normalized spacial score (nSPS) is 11.3. The number of aryl methyl sites for hydroxylation is 1. The van der Waals surface area contributed by atoms with E-state index in [1.165, 1.54) is 29.7 Å². The lowest BCUT2D eigenvalue weighted by atomic mass is 10.3. The van der Waals surface area contributed by atoms with Gasteiger partial charge in [0.25, 0.3) is 12.0 Å². The maximum absolute atomic E-state index is 12.2. The first-order valence-electron chi connectivity index (χ1n) is 6.41. The summed E-state index contributed by atoms with van der Waals surface area (Å²) in [6.07, 6.45) is -1.14. The van der Waals surface area contributed by atoms with Gasteiger partial charge >= 0.3 is 0 Å². The Balaban J connectivity index is 2.00. The third-order valence-corrected chi connectivity index (χ3v) is 3.82. The number of hydrogen-bond acceptors (Lipinski definition) is 5. The molecule has 0 saturated heterocycles. The number of fused-ring (bicyclic) bond motifs is 1. The number of nitrogens with one attached hydrogen (secondary N) is 1. The number of aromatic nitrogens is 3. The fourth-order valence-corrected chi connectivity index (χ4v) is 2.84. The Bertz CT molecular complexity index is 876. The summed E-state index contributed by atoms with van der Waals surface area (Å²) in [4.78, 5) is 24.7. The van der Waals surface area contributed by atoms with Crippen molar-refractivity contribution >= 4 is 21.6 Å². The zero-order chi connectivity index (χ0) is 15.7. The van der Waals surface area contributed by atoms with Crippen molar-refractivity contribution in [1.82, 2.24) is 15.0 Å². The molecule has 3 heterocycles. The number of pyridine rings is 1. The summed E-state index contributed by atoms with van der Waals surface area (Å²) in [6.45, 7) is 1.19. The number of halogens is 2. The van der Waals surface area contributed by atoms with Crippen LogP contribution in [0.4, 0.5) is 8.78 Å². The summed E-state index contributed by atoms with van der Waals surface area (Å²) in [5.74, 6) is 0.525. The highest BCUT2D eigenvalue weighted by molar-refractivity contribution is 7.18. The molecule has 22 heavy (non-hydrogen) atoms. The Hall–Kier alpha value is -2.35. The van der Waals surface area contributed by atoms with E-state index in [4.69, 9.17) is 4.74 Å². The summed E-state index contributed by atoms with van der Waals surface area (Å²) < 4.78 is 29.3. The van der Waals surface area contributed by atoms with Crippen molar-refractivity contribution in [1.29, 1.82) is 0 Å². The number of rotatable bonds is 4. The van der Waals surface area contributed by atoms with Crippen molar-refractivity contribution in [2.75, 3.05) is 6.61 Å². The van der Waals surface area contributed by atoms with Crippen LogP contribution in [0.5, 0.6) is 5.75 Å². The summed E-state index contributed by atoms with van der Waals surface area (Å²) in [5, 5.41) is 0.524. The van der Waals surface area contributed by atoms with Crippen molar-refractivity contribution in [3.63, 3.8) is 0 Å². The molecule has 0 aliphatic heterocycles. The third kappa shape index (κ3) is 2.96. The first kappa shape index (κ1) is 14.6. The van der Waals surface area contributed by atoms with Crippen molar-refractivity contribution < 1.29 is 13.5 Å². The second-order valence-electron chi connectivity index (χ2n) is 4.57. The molecule has 3 aromatic rings. The van der Waals surface area contributed by atoms with Crippen LogP contribution in [0.3, 0.4) is 0 Å². The van der Waals surface area contributed by atoms with E-state index < -0.39 is 13.0 Å². The van der Waals surface area contributed by atoms with Crippen LogP contribution in [-0.4, -0.2) is 28.0 Å². The topological polar surface area (TPSA) is 67.9 Å². The minimum atomic E-state index is -2.56. The Morgan fingerprint density at radius 2 is 2.23 bits per heavy atom. The third-order valence-electron chi connectivity index (χ3n) is 2.88. The lowest BCUT2D eigenvalue weighted by Crippen LogP contribution is -2.09. The second kappa shape index (κ2) is 5.80. The van der Waals surface area contributed by atoms with Crippen LogP contribution in [0.2, 0.25) is 0 Å². The molecule has 5 nitrogen and oxygen atoms in total. The molecule has 0 radical (unpaired) electrons. The van der Waals surface area contributed by atoms with Crippen LogP contribution in [0.25, 0.3) is 21.7 Å². The molecule has 0 aromatic carbocycles. The molecule has 8 heteroatoms. The minimum Gasteiger partial charge on any atom is -0.488 e. The number of aromatic amines is 1. The maximum Gasteiger partial charge on any atom is 0.272 e. The molecule has 0 fully saturated rings. The number of ether oxygens (including phenoxy) is 1. The van der Waals surface area contributed by atoms with Crippen LogP contribution < -0.4 is 10.3 Å². The summed E-state index contributed by atoms with van der Waals surface area (Å²) >= 11 is 1.40. The molecule has 0 bridgehead atoms. The Labute approximate surface area is 127 Å². The van der Waals surface area contributed by atoms with Gasteiger partial charge in [-0.15, -0.1) is 11.3 Å². The van der Waals surface area contributed by atoms with Crippen LogP contribution in [0.1, 0.15) is 4.88 Å². The smallest absolute Gasteiger partial charge is 0.272 e. The van der Waals surface area contributed by atoms with E-state index in [0.717, 1.165) is 4.88 Å². The van der Waals surface area contributed by atoms with Crippen LogP contribution >= 0.6 is 11.3 Å². The van der Waals surface area contributed by atoms with E-state index >= 15 is 0 Å². The largest absolute Gasteiger partial charge is 0.488 e. The molecular weight excluding hydrogens is 312 g/mol. The second-order valence-corrected chi connectivity index (χ2v) is 5.80.